The van der Waals surface area contributed by atoms with Crippen LogP contribution >= 0.6 is 11.8 Å². The van der Waals surface area contributed by atoms with Gasteiger partial charge in [-0.2, -0.15) is 0 Å². The Bertz CT molecular complexity index is 1340. The second-order valence-electron chi connectivity index (χ2n) is 7.77. The van der Waals surface area contributed by atoms with Gasteiger partial charge in [0.2, 0.25) is 5.91 Å². The highest BCUT2D eigenvalue weighted by Gasteiger charge is 2.18. The third-order valence-electron chi connectivity index (χ3n) is 5.43. The summed E-state index contributed by atoms with van der Waals surface area (Å²) in [5.41, 5.74) is 1.40. The number of benzene rings is 3. The lowest BCUT2D eigenvalue weighted by Gasteiger charge is -2.17. The van der Waals surface area contributed by atoms with Gasteiger partial charge in [0.25, 0.3) is 0 Å². The van der Waals surface area contributed by atoms with Gasteiger partial charge in [-0.25, -0.2) is 4.39 Å². The molecule has 0 bridgehead atoms. The Morgan fingerprint density at radius 2 is 1.91 bits per heavy atom. The number of aromatic nitrogens is 3. The van der Waals surface area contributed by atoms with Crippen molar-refractivity contribution in [1.29, 1.82) is 0 Å². The highest BCUT2D eigenvalue weighted by molar-refractivity contribution is 7.99. The molecular weight excluding hydrogens is 451 g/mol. The first-order valence-corrected chi connectivity index (χ1v) is 11.7. The molecule has 4 aromatic rings. The van der Waals surface area contributed by atoms with Crippen molar-refractivity contribution in [3.05, 3.63) is 84.7 Å². The molecule has 3 aromatic carbocycles. The average molecular weight is 477 g/mol. The van der Waals surface area contributed by atoms with Crippen molar-refractivity contribution >= 4 is 28.4 Å². The minimum absolute atomic E-state index is 0.0413. The highest BCUT2D eigenvalue weighted by Crippen LogP contribution is 2.26. The van der Waals surface area contributed by atoms with Crippen LogP contribution in [0.4, 0.5) is 4.39 Å². The fourth-order valence-electron chi connectivity index (χ4n) is 3.63. The lowest BCUT2D eigenvalue weighted by molar-refractivity contribution is -0.127. The van der Waals surface area contributed by atoms with E-state index in [-0.39, 0.29) is 17.5 Å². The van der Waals surface area contributed by atoms with E-state index in [1.165, 1.54) is 17.8 Å². The Balaban J connectivity index is 1.44. The third-order valence-corrected chi connectivity index (χ3v) is 6.38. The molecule has 0 spiro atoms. The fraction of sp³-hybridized carbons (Fsp3) is 0.192. The van der Waals surface area contributed by atoms with Crippen LogP contribution in [0.25, 0.3) is 22.2 Å². The van der Waals surface area contributed by atoms with Crippen LogP contribution in [-0.2, 0) is 17.9 Å². The lowest BCUT2D eigenvalue weighted by Crippen LogP contribution is -2.27. The maximum Gasteiger partial charge on any atom is 0.233 e. The highest BCUT2D eigenvalue weighted by atomic mass is 32.2. The van der Waals surface area contributed by atoms with Gasteiger partial charge in [-0.3, -0.25) is 9.36 Å². The number of nitrogens with zero attached hydrogens (tertiary/aromatic N) is 4. The van der Waals surface area contributed by atoms with Crippen molar-refractivity contribution in [3.8, 4) is 17.1 Å². The van der Waals surface area contributed by atoms with Gasteiger partial charge in [0.1, 0.15) is 11.6 Å². The third kappa shape index (κ3) is 5.12. The zero-order valence-corrected chi connectivity index (χ0v) is 19.9. The molecule has 0 aliphatic carbocycles. The van der Waals surface area contributed by atoms with Crippen LogP contribution in [0.5, 0.6) is 5.75 Å². The van der Waals surface area contributed by atoms with Crippen LogP contribution in [0.3, 0.4) is 0 Å². The molecular formula is C26H25FN4O2S. The molecule has 8 heteroatoms. The molecule has 0 unspecified atom stereocenters. The van der Waals surface area contributed by atoms with Crippen LogP contribution in [0, 0.1) is 5.82 Å². The SMILES string of the molecule is C=CCn1c(SCC(=O)N(C)Cc2ccc3cc(OC)ccc3c2)nnc1-c1ccccc1F. The van der Waals surface area contributed by atoms with Gasteiger partial charge < -0.3 is 9.64 Å². The molecule has 0 radical (unpaired) electrons. The number of halogens is 1. The molecule has 34 heavy (non-hydrogen) atoms. The van der Waals surface area contributed by atoms with Crippen LogP contribution < -0.4 is 4.74 Å². The molecule has 1 heterocycles. The fourth-order valence-corrected chi connectivity index (χ4v) is 4.52. The zero-order valence-electron chi connectivity index (χ0n) is 19.1. The first kappa shape index (κ1) is 23.5. The summed E-state index contributed by atoms with van der Waals surface area (Å²) in [5.74, 6) is 0.997. The van der Waals surface area contributed by atoms with E-state index >= 15 is 0 Å². The number of hydrogen-bond acceptors (Lipinski definition) is 5. The zero-order chi connectivity index (χ0) is 24.1. The van der Waals surface area contributed by atoms with Gasteiger partial charge >= 0.3 is 0 Å². The Labute approximate surface area is 202 Å². The van der Waals surface area contributed by atoms with Crippen LogP contribution in [0.15, 0.2) is 78.5 Å². The number of rotatable bonds is 9. The van der Waals surface area contributed by atoms with E-state index < -0.39 is 0 Å². The molecule has 0 atom stereocenters. The van der Waals surface area contributed by atoms with E-state index in [0.29, 0.717) is 29.6 Å². The second kappa shape index (κ2) is 10.5. The first-order chi connectivity index (χ1) is 16.5. The predicted octanol–water partition coefficient (Wildman–Crippen LogP) is 5.18. The smallest absolute Gasteiger partial charge is 0.233 e. The second-order valence-corrected chi connectivity index (χ2v) is 8.71. The molecule has 0 aliphatic heterocycles. The van der Waals surface area contributed by atoms with E-state index in [1.54, 1.807) is 47.9 Å². The molecule has 0 N–H and O–H groups in total. The summed E-state index contributed by atoms with van der Waals surface area (Å²) in [6.07, 6.45) is 1.70. The average Bonchev–Trinajstić information content (AvgIpc) is 3.24. The van der Waals surface area contributed by atoms with Crippen molar-refractivity contribution in [3.63, 3.8) is 0 Å². The maximum atomic E-state index is 14.3. The van der Waals surface area contributed by atoms with Gasteiger partial charge in [-0.1, -0.05) is 48.2 Å². The molecule has 6 nitrogen and oxygen atoms in total. The van der Waals surface area contributed by atoms with Gasteiger partial charge in [0.05, 0.1) is 18.4 Å². The van der Waals surface area contributed by atoms with Crippen LogP contribution in [0.1, 0.15) is 5.56 Å². The largest absolute Gasteiger partial charge is 0.497 e. The summed E-state index contributed by atoms with van der Waals surface area (Å²) in [7, 11) is 3.43. The maximum absolute atomic E-state index is 14.3. The van der Waals surface area contributed by atoms with E-state index in [2.05, 4.69) is 22.8 Å². The number of hydrogen-bond donors (Lipinski definition) is 0. The Morgan fingerprint density at radius 3 is 2.68 bits per heavy atom. The molecule has 4 rings (SSSR count). The summed E-state index contributed by atoms with van der Waals surface area (Å²) in [4.78, 5) is 14.5. The van der Waals surface area contributed by atoms with Crippen molar-refractivity contribution in [2.75, 3.05) is 19.9 Å². The summed E-state index contributed by atoms with van der Waals surface area (Å²) >= 11 is 1.28. The minimum Gasteiger partial charge on any atom is -0.497 e. The molecule has 0 saturated carbocycles. The lowest BCUT2D eigenvalue weighted by atomic mass is 10.1. The van der Waals surface area contributed by atoms with Gasteiger partial charge in [0, 0.05) is 20.1 Å². The standard InChI is InChI=1S/C26H25FN4O2S/c1-4-13-31-25(22-7-5-6-8-23(22)27)28-29-26(31)34-17-24(32)30(2)16-18-9-10-20-15-21(33-3)12-11-19(20)14-18/h4-12,14-15H,1,13,16-17H2,2-3H3. The number of amides is 1. The van der Waals surface area contributed by atoms with E-state index in [1.807, 2.05) is 30.3 Å². The Hall–Kier alpha value is -3.65. The van der Waals surface area contributed by atoms with Gasteiger partial charge in [-0.15, -0.1) is 16.8 Å². The first-order valence-electron chi connectivity index (χ1n) is 10.7. The number of fused-ring (bicyclic) bond motifs is 1. The monoisotopic (exact) mass is 476 g/mol. The van der Waals surface area contributed by atoms with E-state index in [4.69, 9.17) is 4.74 Å². The number of methoxy groups -OCH3 is 1. The summed E-state index contributed by atoms with van der Waals surface area (Å²) in [6.45, 7) is 4.67. The van der Waals surface area contributed by atoms with Crippen molar-refractivity contribution in [1.82, 2.24) is 19.7 Å². The summed E-state index contributed by atoms with van der Waals surface area (Å²) < 4.78 is 21.3. The van der Waals surface area contributed by atoms with Crippen molar-refractivity contribution in [2.45, 2.75) is 18.2 Å². The number of thioether (sulfide) groups is 1. The van der Waals surface area contributed by atoms with Crippen LogP contribution in [-0.4, -0.2) is 45.5 Å². The molecule has 174 valence electrons. The number of allylic oxidation sites excluding steroid dienone is 1. The van der Waals surface area contributed by atoms with E-state index in [0.717, 1.165) is 22.1 Å². The summed E-state index contributed by atoms with van der Waals surface area (Å²) in [5, 5.41) is 11.1. The van der Waals surface area contributed by atoms with E-state index in [9.17, 15) is 9.18 Å². The molecule has 0 saturated heterocycles. The minimum atomic E-state index is -0.374. The summed E-state index contributed by atoms with van der Waals surface area (Å²) in [6, 6.07) is 18.5. The Morgan fingerprint density at radius 1 is 1.15 bits per heavy atom. The quantitative estimate of drug-likeness (QED) is 0.246. The molecule has 1 aromatic heterocycles. The van der Waals surface area contributed by atoms with Gasteiger partial charge in [-0.05, 0) is 46.7 Å². The molecule has 1 amide bonds. The topological polar surface area (TPSA) is 60.2 Å². The van der Waals surface area contributed by atoms with Crippen LogP contribution in [0.2, 0.25) is 0 Å². The normalized spacial score (nSPS) is 10.9. The number of ether oxygens (including phenoxy) is 1. The number of carbonyl (C=O) groups excluding carboxylic acids is 1. The van der Waals surface area contributed by atoms with Crippen molar-refractivity contribution in [2.24, 2.45) is 0 Å². The van der Waals surface area contributed by atoms with Crippen molar-refractivity contribution < 1.29 is 13.9 Å². The predicted molar refractivity (Wildman–Crippen MR) is 133 cm³/mol. The van der Waals surface area contributed by atoms with Gasteiger partial charge in [0.15, 0.2) is 11.0 Å². The number of carbonyl (C=O) groups is 1. The Kier molecular flexibility index (Phi) is 7.27. The molecule has 0 fully saturated rings. The molecule has 0 aliphatic rings.